The number of hydrogen-bond acceptors (Lipinski definition) is 6. The van der Waals surface area contributed by atoms with E-state index in [1.807, 2.05) is 0 Å². The Bertz CT molecular complexity index is 1130. The lowest BCUT2D eigenvalue weighted by Gasteiger charge is -2.27. The molecule has 4 rings (SSSR count). The van der Waals surface area contributed by atoms with Crippen LogP contribution in [0.15, 0.2) is 36.5 Å². The minimum Gasteiger partial charge on any atom is -0.346 e. The van der Waals surface area contributed by atoms with Gasteiger partial charge in [0.1, 0.15) is 11.4 Å². The second-order valence-electron chi connectivity index (χ2n) is 9.64. The van der Waals surface area contributed by atoms with E-state index >= 15 is 0 Å². The van der Waals surface area contributed by atoms with Gasteiger partial charge >= 0.3 is 0 Å². The van der Waals surface area contributed by atoms with Crippen LogP contribution in [0, 0.1) is 19.8 Å². The van der Waals surface area contributed by atoms with Crippen molar-refractivity contribution < 1.29 is 4.79 Å². The van der Waals surface area contributed by atoms with Crippen molar-refractivity contribution in [2.45, 2.75) is 46.6 Å². The van der Waals surface area contributed by atoms with Crippen LogP contribution < -0.4 is 10.6 Å². The number of nitrogens with zero attached hydrogens (tertiary/aromatic N) is 5. The second-order valence-corrected chi connectivity index (χ2v) is 9.64. The second kappa shape index (κ2) is 10.3. The Kier molecular flexibility index (Phi) is 7.26. The molecule has 1 fully saturated rings. The summed E-state index contributed by atoms with van der Waals surface area (Å²) in [6.07, 6.45) is 4.18. The Balaban J connectivity index is 1.49. The minimum absolute atomic E-state index is 0.0941. The minimum atomic E-state index is -0.109. The highest BCUT2D eigenvalue weighted by Crippen LogP contribution is 2.21. The fourth-order valence-corrected chi connectivity index (χ4v) is 4.45. The Hall–Kier alpha value is -3.26. The van der Waals surface area contributed by atoms with Crippen molar-refractivity contribution in [3.05, 3.63) is 53.3 Å². The van der Waals surface area contributed by atoms with Gasteiger partial charge in [-0.05, 0) is 81.1 Å². The summed E-state index contributed by atoms with van der Waals surface area (Å²) in [5.41, 5.74) is 5.10. The van der Waals surface area contributed by atoms with Crippen LogP contribution in [0.4, 0.5) is 11.6 Å². The first-order valence-electron chi connectivity index (χ1n) is 12.0. The number of benzene rings is 1. The third-order valence-electron chi connectivity index (χ3n) is 6.28. The van der Waals surface area contributed by atoms with E-state index in [-0.39, 0.29) is 11.9 Å². The summed E-state index contributed by atoms with van der Waals surface area (Å²) >= 11 is 0. The van der Waals surface area contributed by atoms with Gasteiger partial charge in [0.05, 0.1) is 5.69 Å². The van der Waals surface area contributed by atoms with Gasteiger partial charge in [-0.25, -0.2) is 9.97 Å². The van der Waals surface area contributed by atoms with Crippen LogP contribution >= 0.6 is 0 Å². The van der Waals surface area contributed by atoms with Gasteiger partial charge in [-0.15, -0.1) is 0 Å². The molecule has 0 bridgehead atoms. The summed E-state index contributed by atoms with van der Waals surface area (Å²) in [7, 11) is 1.79. The predicted molar refractivity (Wildman–Crippen MR) is 135 cm³/mol. The first kappa shape index (κ1) is 23.9. The van der Waals surface area contributed by atoms with E-state index < -0.39 is 0 Å². The Morgan fingerprint density at radius 3 is 2.44 bits per heavy atom. The molecular formula is C26H35N7O. The monoisotopic (exact) mass is 461 g/mol. The zero-order chi connectivity index (χ0) is 24.2. The zero-order valence-corrected chi connectivity index (χ0v) is 20.8. The van der Waals surface area contributed by atoms with E-state index in [2.05, 4.69) is 76.5 Å². The van der Waals surface area contributed by atoms with E-state index in [1.165, 1.54) is 24.0 Å². The molecule has 1 aliphatic heterocycles. The molecule has 0 aliphatic carbocycles. The number of aromatic nitrogens is 4. The van der Waals surface area contributed by atoms with Gasteiger partial charge in [0.15, 0.2) is 0 Å². The summed E-state index contributed by atoms with van der Waals surface area (Å²) < 4.78 is 1.62. The lowest BCUT2D eigenvalue weighted by molar-refractivity contribution is 0.0903. The van der Waals surface area contributed by atoms with Crippen molar-refractivity contribution >= 4 is 17.5 Å². The highest BCUT2D eigenvalue weighted by Gasteiger charge is 2.24. The zero-order valence-electron chi connectivity index (χ0n) is 20.8. The molecule has 1 amide bonds. The molecule has 0 saturated carbocycles. The predicted octanol–water partition coefficient (Wildman–Crippen LogP) is 4.09. The molecule has 0 spiro atoms. The number of rotatable bonds is 8. The van der Waals surface area contributed by atoms with E-state index in [0.29, 0.717) is 28.9 Å². The molecule has 8 nitrogen and oxygen atoms in total. The number of hydrogen-bond donors (Lipinski definition) is 2. The van der Waals surface area contributed by atoms with Crippen molar-refractivity contribution in [2.24, 2.45) is 13.0 Å². The molecule has 8 heteroatoms. The summed E-state index contributed by atoms with van der Waals surface area (Å²) in [6.45, 7) is 11.5. The van der Waals surface area contributed by atoms with Crippen LogP contribution in [0.3, 0.4) is 0 Å². The molecule has 2 aromatic heterocycles. The lowest BCUT2D eigenvalue weighted by Crippen LogP contribution is -2.46. The average molecular weight is 462 g/mol. The highest BCUT2D eigenvalue weighted by molar-refractivity contribution is 5.93. The molecule has 3 heterocycles. The summed E-state index contributed by atoms with van der Waals surface area (Å²) in [5.74, 6) is 0.726. The smallest absolute Gasteiger partial charge is 0.269 e. The highest BCUT2D eigenvalue weighted by atomic mass is 16.2. The van der Waals surface area contributed by atoms with Gasteiger partial charge in [-0.1, -0.05) is 19.9 Å². The molecule has 1 aliphatic rings. The van der Waals surface area contributed by atoms with Gasteiger partial charge in [-0.2, -0.15) is 5.10 Å². The largest absolute Gasteiger partial charge is 0.346 e. The molecule has 0 radical (unpaired) electrons. The normalized spacial score (nSPS) is 15.0. The van der Waals surface area contributed by atoms with Crippen LogP contribution in [-0.4, -0.2) is 56.2 Å². The molecular weight excluding hydrogens is 426 g/mol. The quantitative estimate of drug-likeness (QED) is 0.525. The maximum Gasteiger partial charge on any atom is 0.269 e. The van der Waals surface area contributed by atoms with Crippen molar-refractivity contribution in [1.82, 2.24) is 30.0 Å². The average Bonchev–Trinajstić information content (AvgIpc) is 3.42. The van der Waals surface area contributed by atoms with E-state index in [0.717, 1.165) is 25.3 Å². The SMILES string of the molecule is Cc1cc(C)cc(Nc2nccc(-c3cc(C(=O)N[C@H](CN4CCCC4)C(C)C)n(C)n3)n2)c1. The van der Waals surface area contributed by atoms with Gasteiger partial charge in [-0.3, -0.25) is 9.48 Å². The number of carbonyl (C=O) groups is 1. The number of nitrogens with one attached hydrogen (secondary N) is 2. The van der Waals surface area contributed by atoms with Crippen LogP contribution in [0.2, 0.25) is 0 Å². The van der Waals surface area contributed by atoms with E-state index in [9.17, 15) is 4.79 Å². The molecule has 3 aromatic rings. The number of likely N-dealkylation sites (tertiary alicyclic amines) is 1. The van der Waals surface area contributed by atoms with Crippen molar-refractivity contribution in [2.75, 3.05) is 25.0 Å². The van der Waals surface area contributed by atoms with Crippen LogP contribution in [0.5, 0.6) is 0 Å². The first-order chi connectivity index (χ1) is 16.3. The molecule has 180 valence electrons. The fraction of sp³-hybridized carbons (Fsp3) is 0.462. The maximum absolute atomic E-state index is 13.1. The molecule has 2 N–H and O–H groups in total. The molecule has 1 saturated heterocycles. The fourth-order valence-electron chi connectivity index (χ4n) is 4.45. The number of amides is 1. The molecule has 1 aromatic carbocycles. The van der Waals surface area contributed by atoms with Crippen molar-refractivity contribution in [1.29, 1.82) is 0 Å². The van der Waals surface area contributed by atoms with Gasteiger partial charge in [0, 0.05) is 31.5 Å². The van der Waals surface area contributed by atoms with Crippen molar-refractivity contribution in [3.8, 4) is 11.4 Å². The van der Waals surface area contributed by atoms with Gasteiger partial charge in [0.2, 0.25) is 5.95 Å². The summed E-state index contributed by atoms with van der Waals surface area (Å²) in [4.78, 5) is 24.6. The van der Waals surface area contributed by atoms with E-state index in [1.54, 1.807) is 30.1 Å². The summed E-state index contributed by atoms with van der Waals surface area (Å²) in [5, 5.41) is 11.1. The third kappa shape index (κ3) is 5.80. The van der Waals surface area contributed by atoms with Crippen LogP contribution in [0.1, 0.15) is 48.3 Å². The van der Waals surface area contributed by atoms with Gasteiger partial charge in [0.25, 0.3) is 5.91 Å². The Morgan fingerprint density at radius 1 is 1.06 bits per heavy atom. The molecule has 0 unspecified atom stereocenters. The number of anilines is 2. The number of carbonyl (C=O) groups excluding carboxylic acids is 1. The Labute approximate surface area is 201 Å². The van der Waals surface area contributed by atoms with Crippen LogP contribution in [-0.2, 0) is 7.05 Å². The summed E-state index contributed by atoms with van der Waals surface area (Å²) in [6, 6.07) is 9.93. The number of aryl methyl sites for hydroxylation is 3. The van der Waals surface area contributed by atoms with Gasteiger partial charge < -0.3 is 15.5 Å². The topological polar surface area (TPSA) is 88.0 Å². The van der Waals surface area contributed by atoms with E-state index in [4.69, 9.17) is 0 Å². The van der Waals surface area contributed by atoms with Crippen LogP contribution in [0.25, 0.3) is 11.4 Å². The first-order valence-corrected chi connectivity index (χ1v) is 12.0. The maximum atomic E-state index is 13.1. The molecule has 34 heavy (non-hydrogen) atoms. The standard InChI is InChI=1S/C26H35N7O/c1-17(2)23(16-33-10-6-7-11-33)29-25(34)24-15-22(31-32(24)5)21-8-9-27-26(30-21)28-20-13-18(3)12-19(4)14-20/h8-9,12-15,17,23H,6-7,10-11,16H2,1-5H3,(H,29,34)(H,27,28,30)/t23-/m1/s1. The lowest BCUT2D eigenvalue weighted by atomic mass is 10.0. The Morgan fingerprint density at radius 2 is 1.76 bits per heavy atom. The molecule has 1 atom stereocenters. The third-order valence-corrected chi connectivity index (χ3v) is 6.28. The van der Waals surface area contributed by atoms with Crippen molar-refractivity contribution in [3.63, 3.8) is 0 Å².